The molecule has 106 valence electrons. The highest BCUT2D eigenvalue weighted by Crippen LogP contribution is 2.37. The van der Waals surface area contributed by atoms with E-state index >= 15 is 0 Å². The smallest absolute Gasteiger partial charge is 0.0813 e. The Bertz CT molecular complexity index is 239. The second-order valence-electron chi connectivity index (χ2n) is 6.95. The Balaban J connectivity index is 1.79. The Hall–Kier alpha value is -0.0800. The molecule has 2 heteroatoms. The maximum absolute atomic E-state index is 6.42. The molecule has 0 radical (unpaired) electrons. The average Bonchev–Trinajstić information content (AvgIpc) is 3.11. The van der Waals surface area contributed by atoms with E-state index in [1.807, 2.05) is 0 Å². The molecule has 2 rings (SSSR count). The first kappa shape index (κ1) is 14.3. The molecule has 1 heterocycles. The van der Waals surface area contributed by atoms with E-state index in [2.05, 4.69) is 20.8 Å². The summed E-state index contributed by atoms with van der Waals surface area (Å²) in [5.74, 6) is 1.38. The highest BCUT2D eigenvalue weighted by atomic mass is 16.6. The molecule has 18 heavy (non-hydrogen) atoms. The first-order chi connectivity index (χ1) is 8.60. The molecule has 1 saturated heterocycles. The van der Waals surface area contributed by atoms with Crippen LogP contribution in [0.25, 0.3) is 0 Å². The fourth-order valence-corrected chi connectivity index (χ4v) is 3.39. The van der Waals surface area contributed by atoms with E-state index in [0.717, 1.165) is 19.1 Å². The zero-order chi connectivity index (χ0) is 13.0. The Morgan fingerprint density at radius 3 is 2.39 bits per heavy atom. The van der Waals surface area contributed by atoms with E-state index in [4.69, 9.17) is 9.47 Å². The molecule has 1 saturated carbocycles. The third kappa shape index (κ3) is 4.55. The van der Waals surface area contributed by atoms with E-state index in [0.29, 0.717) is 12.0 Å². The lowest BCUT2D eigenvalue weighted by molar-refractivity contribution is -0.0943. The van der Waals surface area contributed by atoms with Gasteiger partial charge in [0.05, 0.1) is 18.3 Å². The lowest BCUT2D eigenvalue weighted by Crippen LogP contribution is -2.38. The highest BCUT2D eigenvalue weighted by Gasteiger charge is 2.34. The van der Waals surface area contributed by atoms with Gasteiger partial charge in [0.1, 0.15) is 0 Å². The predicted octanol–water partition coefficient (Wildman–Crippen LogP) is 4.18. The molecule has 0 aromatic rings. The van der Waals surface area contributed by atoms with Crippen molar-refractivity contribution in [3.63, 3.8) is 0 Å². The third-order valence-corrected chi connectivity index (χ3v) is 4.29. The topological polar surface area (TPSA) is 21.8 Å². The minimum absolute atomic E-state index is 0.199. The standard InChI is InChI=1S/C16H30O2/c1-13(2)10-16(7-5-4-6-8-16)18-11-14(3)9-15-12-17-15/h13-15H,4-12H2,1-3H3. The monoisotopic (exact) mass is 254 g/mol. The van der Waals surface area contributed by atoms with Crippen LogP contribution in [0.4, 0.5) is 0 Å². The summed E-state index contributed by atoms with van der Waals surface area (Å²) < 4.78 is 11.7. The molecule has 0 amide bonds. The van der Waals surface area contributed by atoms with Crippen LogP contribution >= 0.6 is 0 Å². The summed E-state index contributed by atoms with van der Waals surface area (Å²) in [5.41, 5.74) is 0.199. The molecule has 2 atom stereocenters. The van der Waals surface area contributed by atoms with Gasteiger partial charge in [-0.2, -0.15) is 0 Å². The first-order valence-corrected chi connectivity index (χ1v) is 7.85. The van der Waals surface area contributed by atoms with Crippen LogP contribution in [-0.2, 0) is 9.47 Å². The molecule has 2 fully saturated rings. The first-order valence-electron chi connectivity index (χ1n) is 7.85. The van der Waals surface area contributed by atoms with E-state index < -0.39 is 0 Å². The predicted molar refractivity (Wildman–Crippen MR) is 74.7 cm³/mol. The molecule has 1 aliphatic heterocycles. The number of hydrogen-bond acceptors (Lipinski definition) is 2. The van der Waals surface area contributed by atoms with Crippen molar-refractivity contribution >= 4 is 0 Å². The average molecular weight is 254 g/mol. The van der Waals surface area contributed by atoms with Gasteiger partial charge in [-0.1, -0.05) is 40.0 Å². The van der Waals surface area contributed by atoms with Crippen LogP contribution < -0.4 is 0 Å². The number of ether oxygens (including phenoxy) is 2. The molecule has 1 aliphatic carbocycles. The second kappa shape index (κ2) is 6.38. The maximum atomic E-state index is 6.42. The number of hydrogen-bond donors (Lipinski definition) is 0. The fourth-order valence-electron chi connectivity index (χ4n) is 3.39. The quantitative estimate of drug-likeness (QED) is 0.636. The molecule has 0 aromatic carbocycles. The normalized spacial score (nSPS) is 28.3. The van der Waals surface area contributed by atoms with Crippen molar-refractivity contribution in [1.82, 2.24) is 0 Å². The van der Waals surface area contributed by atoms with Crippen molar-refractivity contribution in [2.45, 2.75) is 77.4 Å². The molecule has 2 aliphatic rings. The van der Waals surface area contributed by atoms with Crippen molar-refractivity contribution in [2.24, 2.45) is 11.8 Å². The molecular weight excluding hydrogens is 224 g/mol. The third-order valence-electron chi connectivity index (χ3n) is 4.29. The van der Waals surface area contributed by atoms with Gasteiger partial charge >= 0.3 is 0 Å². The summed E-state index contributed by atoms with van der Waals surface area (Å²) in [5, 5.41) is 0. The summed E-state index contributed by atoms with van der Waals surface area (Å²) in [6, 6.07) is 0. The molecular formula is C16H30O2. The van der Waals surface area contributed by atoms with Crippen LogP contribution in [0.2, 0.25) is 0 Å². The summed E-state index contributed by atoms with van der Waals surface area (Å²) in [6.07, 6.45) is 9.61. The van der Waals surface area contributed by atoms with Gasteiger partial charge in [-0.15, -0.1) is 0 Å². The zero-order valence-corrected chi connectivity index (χ0v) is 12.4. The van der Waals surface area contributed by atoms with Crippen LogP contribution in [0, 0.1) is 11.8 Å². The summed E-state index contributed by atoms with van der Waals surface area (Å²) >= 11 is 0. The van der Waals surface area contributed by atoms with Crippen molar-refractivity contribution in [1.29, 1.82) is 0 Å². The summed E-state index contributed by atoms with van der Waals surface area (Å²) in [6.45, 7) is 8.84. The lowest BCUT2D eigenvalue weighted by Gasteiger charge is -2.39. The number of epoxide rings is 1. The van der Waals surface area contributed by atoms with Crippen LogP contribution in [-0.4, -0.2) is 24.9 Å². The van der Waals surface area contributed by atoms with Gasteiger partial charge in [-0.25, -0.2) is 0 Å². The van der Waals surface area contributed by atoms with Gasteiger partial charge in [-0.05, 0) is 37.5 Å². The van der Waals surface area contributed by atoms with Gasteiger partial charge in [0.15, 0.2) is 0 Å². The Labute approximate surface area is 112 Å². The van der Waals surface area contributed by atoms with Gasteiger partial charge in [0, 0.05) is 6.61 Å². The molecule has 0 aromatic heterocycles. The fraction of sp³-hybridized carbons (Fsp3) is 1.00. The van der Waals surface area contributed by atoms with Gasteiger partial charge < -0.3 is 9.47 Å². The Morgan fingerprint density at radius 1 is 1.17 bits per heavy atom. The zero-order valence-electron chi connectivity index (χ0n) is 12.4. The van der Waals surface area contributed by atoms with Crippen LogP contribution in [0.15, 0.2) is 0 Å². The van der Waals surface area contributed by atoms with E-state index in [1.54, 1.807) is 0 Å². The molecule has 0 N–H and O–H groups in total. The maximum Gasteiger partial charge on any atom is 0.0813 e. The lowest BCUT2D eigenvalue weighted by atomic mass is 9.79. The van der Waals surface area contributed by atoms with E-state index in [-0.39, 0.29) is 5.60 Å². The van der Waals surface area contributed by atoms with Gasteiger partial charge in [-0.3, -0.25) is 0 Å². The summed E-state index contributed by atoms with van der Waals surface area (Å²) in [4.78, 5) is 0. The van der Waals surface area contributed by atoms with Gasteiger partial charge in [0.2, 0.25) is 0 Å². The van der Waals surface area contributed by atoms with Crippen molar-refractivity contribution in [3.8, 4) is 0 Å². The molecule has 2 unspecified atom stereocenters. The number of rotatable bonds is 7. The molecule has 0 spiro atoms. The molecule has 2 nitrogen and oxygen atoms in total. The van der Waals surface area contributed by atoms with Crippen LogP contribution in [0.1, 0.15) is 65.7 Å². The van der Waals surface area contributed by atoms with Crippen molar-refractivity contribution in [3.05, 3.63) is 0 Å². The van der Waals surface area contributed by atoms with Crippen molar-refractivity contribution < 1.29 is 9.47 Å². The Kier molecular flexibility index (Phi) is 5.08. The summed E-state index contributed by atoms with van der Waals surface area (Å²) in [7, 11) is 0. The minimum Gasteiger partial charge on any atom is -0.375 e. The largest absolute Gasteiger partial charge is 0.375 e. The van der Waals surface area contributed by atoms with Crippen LogP contribution in [0.3, 0.4) is 0 Å². The SMILES string of the molecule is CC(C)CC1(OCC(C)CC2CO2)CCCCC1. The van der Waals surface area contributed by atoms with Gasteiger partial charge in [0.25, 0.3) is 0 Å². The molecule has 0 bridgehead atoms. The Morgan fingerprint density at radius 2 is 1.83 bits per heavy atom. The highest BCUT2D eigenvalue weighted by molar-refractivity contribution is 4.86. The van der Waals surface area contributed by atoms with E-state index in [9.17, 15) is 0 Å². The minimum atomic E-state index is 0.199. The van der Waals surface area contributed by atoms with Crippen molar-refractivity contribution in [2.75, 3.05) is 13.2 Å². The second-order valence-corrected chi connectivity index (χ2v) is 6.95. The van der Waals surface area contributed by atoms with Crippen LogP contribution in [0.5, 0.6) is 0 Å². The van der Waals surface area contributed by atoms with E-state index in [1.165, 1.54) is 44.9 Å².